The highest BCUT2D eigenvalue weighted by atomic mass is 32.2. The third kappa shape index (κ3) is 4.29. The second kappa shape index (κ2) is 8.53. The third-order valence-corrected chi connectivity index (χ3v) is 4.73. The van der Waals surface area contributed by atoms with Gasteiger partial charge >= 0.3 is 0 Å². The highest BCUT2D eigenvalue weighted by molar-refractivity contribution is 7.89. The van der Waals surface area contributed by atoms with Crippen molar-refractivity contribution in [1.29, 1.82) is 0 Å². The summed E-state index contributed by atoms with van der Waals surface area (Å²) >= 11 is 0. The van der Waals surface area contributed by atoms with Crippen LogP contribution in [0.1, 0.15) is 0 Å². The number of aryl methyl sites for hydroxylation is 1. The molecule has 0 radical (unpaired) electrons. The number of anilines is 2. The van der Waals surface area contributed by atoms with E-state index in [-0.39, 0.29) is 5.56 Å². The molecule has 0 aliphatic rings. The number of rotatable bonds is 7. The Balaban J connectivity index is 2.13. The molecule has 2 heterocycles. The van der Waals surface area contributed by atoms with E-state index in [4.69, 9.17) is 4.74 Å². The standard InChI is InChI=1S/C20H20N4O3S/c1-4-28(26)23-15-5-6-19(27-16-7-9-22-10-8-16)17(12-15)14-11-18(21-2)20(25)24(3)13-14/h4-13,21,23H,1H2,2-3H3. The molecule has 0 saturated carbocycles. The van der Waals surface area contributed by atoms with E-state index in [1.807, 2.05) is 6.07 Å². The lowest BCUT2D eigenvalue weighted by Gasteiger charge is -2.15. The van der Waals surface area contributed by atoms with Crippen LogP contribution in [0.15, 0.2) is 71.8 Å². The second-order valence-corrected chi connectivity index (χ2v) is 7.00. The van der Waals surface area contributed by atoms with Gasteiger partial charge in [0.1, 0.15) is 28.2 Å². The Morgan fingerprint density at radius 3 is 2.64 bits per heavy atom. The van der Waals surface area contributed by atoms with Gasteiger partial charge in [0.25, 0.3) is 5.56 Å². The molecule has 8 heteroatoms. The maximum absolute atomic E-state index is 12.2. The van der Waals surface area contributed by atoms with Crippen LogP contribution in [0, 0.1) is 0 Å². The van der Waals surface area contributed by atoms with E-state index >= 15 is 0 Å². The largest absolute Gasteiger partial charge is 0.457 e. The molecule has 0 bridgehead atoms. The lowest BCUT2D eigenvalue weighted by Crippen LogP contribution is -2.19. The summed E-state index contributed by atoms with van der Waals surface area (Å²) in [6.45, 7) is 3.52. The summed E-state index contributed by atoms with van der Waals surface area (Å²) in [6.07, 6.45) is 5.01. The first-order valence-electron chi connectivity index (χ1n) is 8.42. The minimum Gasteiger partial charge on any atom is -0.457 e. The average Bonchev–Trinajstić information content (AvgIpc) is 2.71. The first-order valence-corrected chi connectivity index (χ1v) is 9.63. The van der Waals surface area contributed by atoms with E-state index in [1.165, 1.54) is 9.98 Å². The molecule has 0 spiro atoms. The Hall–Kier alpha value is -3.39. The summed E-state index contributed by atoms with van der Waals surface area (Å²) in [5, 5.41) is 4.22. The van der Waals surface area contributed by atoms with Gasteiger partial charge in [-0.2, -0.15) is 0 Å². The summed E-state index contributed by atoms with van der Waals surface area (Å²) in [7, 11) is 1.98. The van der Waals surface area contributed by atoms with Crippen LogP contribution in [0.25, 0.3) is 11.1 Å². The molecule has 2 aromatic heterocycles. The fourth-order valence-electron chi connectivity index (χ4n) is 2.64. The van der Waals surface area contributed by atoms with Crippen LogP contribution in [0.2, 0.25) is 0 Å². The molecule has 1 aromatic carbocycles. The van der Waals surface area contributed by atoms with Crippen LogP contribution in [0.3, 0.4) is 0 Å². The van der Waals surface area contributed by atoms with Gasteiger partial charge in [-0.05, 0) is 36.4 Å². The molecule has 3 aromatic rings. The van der Waals surface area contributed by atoms with Crippen molar-refractivity contribution in [3.05, 3.63) is 77.3 Å². The van der Waals surface area contributed by atoms with E-state index in [9.17, 15) is 9.00 Å². The predicted molar refractivity (Wildman–Crippen MR) is 113 cm³/mol. The van der Waals surface area contributed by atoms with E-state index in [0.29, 0.717) is 22.9 Å². The highest BCUT2D eigenvalue weighted by Gasteiger charge is 2.13. The van der Waals surface area contributed by atoms with Gasteiger partial charge in [-0.25, -0.2) is 4.21 Å². The van der Waals surface area contributed by atoms with Crippen LogP contribution in [0.4, 0.5) is 11.4 Å². The Kier molecular flexibility index (Phi) is 5.90. The second-order valence-electron chi connectivity index (χ2n) is 5.87. The first kappa shape index (κ1) is 19.4. The molecule has 0 amide bonds. The maximum atomic E-state index is 12.2. The van der Waals surface area contributed by atoms with Gasteiger partial charge in [-0.1, -0.05) is 6.58 Å². The molecule has 0 fully saturated rings. The quantitative estimate of drug-likeness (QED) is 0.638. The number of nitrogens with one attached hydrogen (secondary N) is 2. The fourth-order valence-corrected chi connectivity index (χ4v) is 3.08. The highest BCUT2D eigenvalue weighted by Crippen LogP contribution is 2.36. The molecule has 3 rings (SSSR count). The van der Waals surface area contributed by atoms with Crippen molar-refractivity contribution in [2.75, 3.05) is 17.1 Å². The molecule has 7 nitrogen and oxygen atoms in total. The van der Waals surface area contributed by atoms with Crippen molar-refractivity contribution in [3.8, 4) is 22.6 Å². The van der Waals surface area contributed by atoms with Gasteiger partial charge in [0.2, 0.25) is 0 Å². The number of nitrogens with zero attached hydrogens (tertiary/aromatic N) is 2. The zero-order valence-corrected chi connectivity index (χ0v) is 16.3. The number of hydrogen-bond acceptors (Lipinski definition) is 5. The first-order chi connectivity index (χ1) is 13.5. The monoisotopic (exact) mass is 396 g/mol. The molecule has 0 saturated heterocycles. The molecule has 1 atom stereocenters. The topological polar surface area (TPSA) is 85.2 Å². The van der Waals surface area contributed by atoms with Gasteiger partial charge in [0.15, 0.2) is 0 Å². The van der Waals surface area contributed by atoms with Gasteiger partial charge < -0.3 is 19.3 Å². The molecule has 2 N–H and O–H groups in total. The van der Waals surface area contributed by atoms with Gasteiger partial charge in [-0.3, -0.25) is 9.78 Å². The van der Waals surface area contributed by atoms with Crippen molar-refractivity contribution >= 4 is 22.4 Å². The summed E-state index contributed by atoms with van der Waals surface area (Å²) in [5.74, 6) is 1.21. The minimum atomic E-state index is -1.40. The van der Waals surface area contributed by atoms with Crippen LogP contribution < -0.4 is 20.3 Å². The van der Waals surface area contributed by atoms with Crippen molar-refractivity contribution in [2.24, 2.45) is 7.05 Å². The van der Waals surface area contributed by atoms with E-state index in [1.54, 1.807) is 63.0 Å². The number of hydrogen-bond donors (Lipinski definition) is 2. The van der Waals surface area contributed by atoms with Crippen LogP contribution in [0.5, 0.6) is 11.5 Å². The fraction of sp³-hybridized carbons (Fsp3) is 0.100. The predicted octanol–water partition coefficient (Wildman–Crippen LogP) is 3.50. The van der Waals surface area contributed by atoms with Crippen LogP contribution in [-0.2, 0) is 18.0 Å². The molecule has 1 unspecified atom stereocenters. The van der Waals surface area contributed by atoms with Crippen molar-refractivity contribution < 1.29 is 8.95 Å². The molecular formula is C20H20N4O3S. The zero-order valence-electron chi connectivity index (χ0n) is 15.5. The summed E-state index contributed by atoms with van der Waals surface area (Å²) < 4.78 is 22.2. The van der Waals surface area contributed by atoms with E-state index in [2.05, 4.69) is 21.6 Å². The Bertz CT molecular complexity index is 1080. The number of benzene rings is 1. The maximum Gasteiger partial charge on any atom is 0.273 e. The molecule has 0 aliphatic carbocycles. The Labute approximate surface area is 165 Å². The lowest BCUT2D eigenvalue weighted by molar-refractivity contribution is 0.484. The van der Waals surface area contributed by atoms with Crippen LogP contribution >= 0.6 is 0 Å². The molecule has 144 valence electrons. The zero-order chi connectivity index (χ0) is 20.1. The van der Waals surface area contributed by atoms with Crippen molar-refractivity contribution in [2.45, 2.75) is 0 Å². The Morgan fingerprint density at radius 2 is 1.96 bits per heavy atom. The number of aromatic nitrogens is 2. The number of ether oxygens (including phenoxy) is 1. The van der Waals surface area contributed by atoms with E-state index < -0.39 is 11.0 Å². The van der Waals surface area contributed by atoms with Gasteiger partial charge in [-0.15, -0.1) is 0 Å². The minimum absolute atomic E-state index is 0.134. The van der Waals surface area contributed by atoms with Crippen LogP contribution in [-0.4, -0.2) is 20.8 Å². The molecule has 28 heavy (non-hydrogen) atoms. The van der Waals surface area contributed by atoms with E-state index in [0.717, 1.165) is 11.1 Å². The average molecular weight is 396 g/mol. The van der Waals surface area contributed by atoms with Gasteiger partial charge in [0.05, 0.1) is 0 Å². The summed E-state index contributed by atoms with van der Waals surface area (Å²) in [4.78, 5) is 16.2. The van der Waals surface area contributed by atoms with Crippen molar-refractivity contribution in [1.82, 2.24) is 9.55 Å². The van der Waals surface area contributed by atoms with Gasteiger partial charge in [0, 0.05) is 54.9 Å². The summed E-state index contributed by atoms with van der Waals surface area (Å²) in [5.41, 5.74) is 2.46. The normalized spacial score (nSPS) is 11.5. The molecule has 0 aliphatic heterocycles. The smallest absolute Gasteiger partial charge is 0.273 e. The lowest BCUT2D eigenvalue weighted by atomic mass is 10.0. The van der Waals surface area contributed by atoms with Crippen molar-refractivity contribution in [3.63, 3.8) is 0 Å². The molecular weight excluding hydrogens is 376 g/mol. The summed E-state index contributed by atoms with van der Waals surface area (Å²) in [6, 6.07) is 10.6. The Morgan fingerprint density at radius 1 is 1.21 bits per heavy atom. The third-order valence-electron chi connectivity index (χ3n) is 3.99. The SMILES string of the molecule is C=CS(=O)Nc1ccc(Oc2ccncc2)c(-c2cc(NC)c(=O)n(C)c2)c1. The number of pyridine rings is 2.